The number of carbonyl (C=O) groups is 2. The van der Waals surface area contributed by atoms with Crippen molar-refractivity contribution in [2.45, 2.75) is 26.6 Å². The molecule has 0 atom stereocenters. The van der Waals surface area contributed by atoms with Crippen LogP contribution in [0.25, 0.3) is 17.2 Å². The zero-order valence-corrected chi connectivity index (χ0v) is 14.1. The van der Waals surface area contributed by atoms with Crippen LogP contribution in [0.3, 0.4) is 0 Å². The first-order chi connectivity index (χ1) is 11.7. The molecule has 0 bridgehead atoms. The molecular formula is C20H17FO4. The summed E-state index contributed by atoms with van der Waals surface area (Å²) in [5.74, 6) is -2.95. The lowest BCUT2D eigenvalue weighted by molar-refractivity contribution is -0.222. The van der Waals surface area contributed by atoms with Crippen molar-refractivity contribution in [3.05, 3.63) is 65.0 Å². The van der Waals surface area contributed by atoms with Crippen molar-refractivity contribution >= 4 is 18.0 Å². The fourth-order valence-corrected chi connectivity index (χ4v) is 2.66. The van der Waals surface area contributed by atoms with Gasteiger partial charge in [0.15, 0.2) is 0 Å². The zero-order chi connectivity index (χ0) is 18.2. The van der Waals surface area contributed by atoms with E-state index in [1.807, 2.05) is 19.1 Å². The molecule has 0 saturated carbocycles. The Morgan fingerprint density at radius 2 is 1.56 bits per heavy atom. The highest BCUT2D eigenvalue weighted by atomic mass is 19.1. The first-order valence-electron chi connectivity index (χ1n) is 7.80. The Bertz CT molecular complexity index is 857. The quantitative estimate of drug-likeness (QED) is 0.471. The van der Waals surface area contributed by atoms with Crippen LogP contribution in [0.5, 0.6) is 0 Å². The maximum absolute atomic E-state index is 13.2. The summed E-state index contributed by atoms with van der Waals surface area (Å²) in [7, 11) is 0. The van der Waals surface area contributed by atoms with Crippen molar-refractivity contribution in [3.63, 3.8) is 0 Å². The smallest absolute Gasteiger partial charge is 0.348 e. The van der Waals surface area contributed by atoms with Crippen molar-refractivity contribution in [2.24, 2.45) is 0 Å². The molecule has 2 aromatic carbocycles. The molecule has 1 fully saturated rings. The Morgan fingerprint density at radius 1 is 0.960 bits per heavy atom. The van der Waals surface area contributed by atoms with Gasteiger partial charge in [0.25, 0.3) is 5.79 Å². The number of ether oxygens (including phenoxy) is 2. The second-order valence-electron chi connectivity index (χ2n) is 6.32. The van der Waals surface area contributed by atoms with E-state index in [1.54, 1.807) is 18.2 Å². The Labute approximate surface area is 144 Å². The third kappa shape index (κ3) is 3.60. The molecule has 3 rings (SSSR count). The van der Waals surface area contributed by atoms with Crippen LogP contribution in [0.2, 0.25) is 0 Å². The van der Waals surface area contributed by atoms with Crippen LogP contribution in [0.4, 0.5) is 4.39 Å². The van der Waals surface area contributed by atoms with Crippen molar-refractivity contribution in [2.75, 3.05) is 0 Å². The molecule has 0 unspecified atom stereocenters. The van der Waals surface area contributed by atoms with Gasteiger partial charge in [-0.25, -0.2) is 14.0 Å². The molecule has 4 nitrogen and oxygen atoms in total. The lowest BCUT2D eigenvalue weighted by Gasteiger charge is -2.29. The molecule has 0 radical (unpaired) electrons. The van der Waals surface area contributed by atoms with Gasteiger partial charge in [-0.2, -0.15) is 0 Å². The van der Waals surface area contributed by atoms with Crippen molar-refractivity contribution in [1.82, 2.24) is 0 Å². The fourth-order valence-electron chi connectivity index (χ4n) is 2.66. The highest BCUT2D eigenvalue weighted by Crippen LogP contribution is 2.27. The molecule has 0 amide bonds. The number of carbonyl (C=O) groups excluding carboxylic acids is 2. The topological polar surface area (TPSA) is 52.6 Å². The molecule has 1 aliphatic heterocycles. The minimum absolute atomic E-state index is 0.148. The number of hydrogen-bond acceptors (Lipinski definition) is 4. The average Bonchev–Trinajstić information content (AvgIpc) is 2.51. The summed E-state index contributed by atoms with van der Waals surface area (Å²) in [4.78, 5) is 23.9. The summed E-state index contributed by atoms with van der Waals surface area (Å²) in [5.41, 5.74) is 3.17. The summed E-state index contributed by atoms with van der Waals surface area (Å²) < 4.78 is 23.3. The Morgan fingerprint density at radius 3 is 2.12 bits per heavy atom. The van der Waals surface area contributed by atoms with E-state index in [9.17, 15) is 14.0 Å². The predicted molar refractivity (Wildman–Crippen MR) is 90.8 cm³/mol. The third-order valence-electron chi connectivity index (χ3n) is 3.84. The van der Waals surface area contributed by atoms with Gasteiger partial charge in [0.1, 0.15) is 11.4 Å². The van der Waals surface area contributed by atoms with Gasteiger partial charge >= 0.3 is 11.9 Å². The van der Waals surface area contributed by atoms with Crippen molar-refractivity contribution in [1.29, 1.82) is 0 Å². The number of aryl methyl sites for hydroxylation is 1. The summed E-state index contributed by atoms with van der Waals surface area (Å²) in [6, 6.07) is 11.8. The number of rotatable bonds is 2. The Kier molecular flexibility index (Phi) is 4.17. The average molecular weight is 340 g/mol. The van der Waals surface area contributed by atoms with Crippen LogP contribution in [0, 0.1) is 12.7 Å². The van der Waals surface area contributed by atoms with Crippen LogP contribution in [0.15, 0.2) is 48.0 Å². The second-order valence-corrected chi connectivity index (χ2v) is 6.32. The van der Waals surface area contributed by atoms with Gasteiger partial charge in [0.05, 0.1) is 0 Å². The van der Waals surface area contributed by atoms with E-state index >= 15 is 0 Å². The van der Waals surface area contributed by atoms with E-state index in [-0.39, 0.29) is 11.4 Å². The first-order valence-corrected chi connectivity index (χ1v) is 7.80. The number of hydrogen-bond donors (Lipinski definition) is 0. The SMILES string of the molecule is Cc1cc(F)ccc1-c1ccc(C=C2C(=O)OC(C)(C)OC2=O)cc1. The van der Waals surface area contributed by atoms with Crippen molar-refractivity contribution < 1.29 is 23.5 Å². The molecule has 0 aliphatic carbocycles. The van der Waals surface area contributed by atoms with E-state index in [1.165, 1.54) is 32.1 Å². The van der Waals surface area contributed by atoms with Gasteiger partial charge in [-0.15, -0.1) is 0 Å². The van der Waals surface area contributed by atoms with Crippen LogP contribution >= 0.6 is 0 Å². The fraction of sp³-hybridized carbons (Fsp3) is 0.200. The van der Waals surface area contributed by atoms with E-state index in [0.29, 0.717) is 5.56 Å². The van der Waals surface area contributed by atoms with Gasteiger partial charge in [0, 0.05) is 13.8 Å². The van der Waals surface area contributed by atoms with Crippen molar-refractivity contribution in [3.8, 4) is 11.1 Å². The maximum Gasteiger partial charge on any atom is 0.348 e. The maximum atomic E-state index is 13.2. The number of benzene rings is 2. The van der Waals surface area contributed by atoms with Gasteiger partial charge in [0.2, 0.25) is 0 Å². The standard InChI is InChI=1S/C20H17FO4/c1-12-10-15(21)8-9-16(12)14-6-4-13(5-7-14)11-17-18(22)24-20(2,3)25-19(17)23/h4-11H,1-3H3. The summed E-state index contributed by atoms with van der Waals surface area (Å²) in [6.07, 6.45) is 1.43. The predicted octanol–water partition coefficient (Wildman–Crippen LogP) is 4.02. The molecule has 1 saturated heterocycles. The minimum atomic E-state index is -1.25. The zero-order valence-electron chi connectivity index (χ0n) is 14.1. The van der Waals surface area contributed by atoms with E-state index in [4.69, 9.17) is 9.47 Å². The molecule has 5 heteroatoms. The number of cyclic esters (lactones) is 2. The van der Waals surface area contributed by atoms with Crippen LogP contribution in [0.1, 0.15) is 25.0 Å². The molecule has 25 heavy (non-hydrogen) atoms. The Hall–Kier alpha value is -2.95. The van der Waals surface area contributed by atoms with E-state index in [2.05, 4.69) is 0 Å². The molecular weight excluding hydrogens is 323 g/mol. The normalized spacial score (nSPS) is 16.2. The first kappa shape index (κ1) is 16.9. The monoisotopic (exact) mass is 340 g/mol. The molecule has 0 spiro atoms. The molecule has 1 heterocycles. The molecule has 1 aliphatic rings. The summed E-state index contributed by atoms with van der Waals surface area (Å²) >= 11 is 0. The highest BCUT2D eigenvalue weighted by Gasteiger charge is 2.38. The lowest BCUT2D eigenvalue weighted by atomic mass is 9.99. The van der Waals surface area contributed by atoms with Crippen LogP contribution < -0.4 is 0 Å². The number of esters is 2. The lowest BCUT2D eigenvalue weighted by Crippen LogP contribution is -2.41. The van der Waals surface area contributed by atoms with Crippen LogP contribution in [-0.2, 0) is 19.1 Å². The molecule has 128 valence electrons. The van der Waals surface area contributed by atoms with Crippen LogP contribution in [-0.4, -0.2) is 17.7 Å². The van der Waals surface area contributed by atoms with E-state index in [0.717, 1.165) is 16.7 Å². The van der Waals surface area contributed by atoms with Gasteiger partial charge < -0.3 is 9.47 Å². The third-order valence-corrected chi connectivity index (χ3v) is 3.84. The molecule has 0 N–H and O–H groups in total. The van der Waals surface area contributed by atoms with E-state index < -0.39 is 17.7 Å². The molecule has 2 aromatic rings. The Balaban J connectivity index is 1.88. The van der Waals surface area contributed by atoms with Gasteiger partial charge in [-0.1, -0.05) is 30.3 Å². The second kappa shape index (κ2) is 6.16. The molecule has 0 aromatic heterocycles. The summed E-state index contributed by atoms with van der Waals surface area (Å²) in [5, 5.41) is 0. The highest BCUT2D eigenvalue weighted by molar-refractivity contribution is 6.18. The minimum Gasteiger partial charge on any atom is -0.419 e. The van der Waals surface area contributed by atoms with Gasteiger partial charge in [-0.3, -0.25) is 0 Å². The number of halogens is 1. The summed E-state index contributed by atoms with van der Waals surface area (Å²) in [6.45, 7) is 4.84. The largest absolute Gasteiger partial charge is 0.419 e. The van der Waals surface area contributed by atoms with Gasteiger partial charge in [-0.05, 0) is 47.4 Å².